The van der Waals surface area contributed by atoms with Crippen molar-refractivity contribution in [3.8, 4) is 0 Å². The zero-order valence-corrected chi connectivity index (χ0v) is 11.7. The summed E-state index contributed by atoms with van der Waals surface area (Å²) >= 11 is 5.87. The number of benzene rings is 2. The van der Waals surface area contributed by atoms with E-state index in [0.717, 1.165) is 10.9 Å². The standard InChI is InChI=1S/C16H12ClFN2O/c17-11-2-1-3-13(7-11)20-16(21)6-10-9-19-15-8-12(18)4-5-14(10)15/h1-5,7-9,19H,6H2,(H,20,21). The number of hydrogen-bond acceptors (Lipinski definition) is 1. The summed E-state index contributed by atoms with van der Waals surface area (Å²) in [6.07, 6.45) is 1.93. The highest BCUT2D eigenvalue weighted by atomic mass is 35.5. The molecule has 3 aromatic rings. The topological polar surface area (TPSA) is 44.9 Å². The third-order valence-corrected chi connectivity index (χ3v) is 3.42. The Morgan fingerprint density at radius 3 is 2.90 bits per heavy atom. The average molecular weight is 303 g/mol. The number of fused-ring (bicyclic) bond motifs is 1. The molecule has 106 valence electrons. The lowest BCUT2D eigenvalue weighted by molar-refractivity contribution is -0.115. The van der Waals surface area contributed by atoms with E-state index in [0.29, 0.717) is 16.2 Å². The third-order valence-electron chi connectivity index (χ3n) is 3.19. The van der Waals surface area contributed by atoms with Crippen LogP contribution < -0.4 is 5.32 Å². The zero-order valence-electron chi connectivity index (χ0n) is 11.0. The van der Waals surface area contributed by atoms with Gasteiger partial charge in [0.1, 0.15) is 5.82 Å². The molecular formula is C16H12ClFN2O. The maximum absolute atomic E-state index is 13.1. The van der Waals surface area contributed by atoms with Gasteiger partial charge in [0.2, 0.25) is 5.91 Å². The number of halogens is 2. The highest BCUT2D eigenvalue weighted by Gasteiger charge is 2.09. The Morgan fingerprint density at radius 2 is 2.10 bits per heavy atom. The van der Waals surface area contributed by atoms with Crippen molar-refractivity contribution >= 4 is 34.1 Å². The van der Waals surface area contributed by atoms with E-state index in [1.807, 2.05) is 0 Å². The fourth-order valence-electron chi connectivity index (χ4n) is 2.25. The van der Waals surface area contributed by atoms with Crippen molar-refractivity contribution in [1.29, 1.82) is 0 Å². The van der Waals surface area contributed by atoms with Crippen molar-refractivity contribution in [2.24, 2.45) is 0 Å². The molecule has 1 amide bonds. The first kappa shape index (κ1) is 13.6. The van der Waals surface area contributed by atoms with E-state index < -0.39 is 0 Å². The molecule has 0 saturated carbocycles. The molecule has 0 atom stereocenters. The second-order valence-corrected chi connectivity index (χ2v) is 5.18. The summed E-state index contributed by atoms with van der Waals surface area (Å²) in [4.78, 5) is 15.0. The molecule has 0 unspecified atom stereocenters. The van der Waals surface area contributed by atoms with Crippen LogP contribution in [0.15, 0.2) is 48.7 Å². The van der Waals surface area contributed by atoms with Crippen LogP contribution in [-0.4, -0.2) is 10.9 Å². The molecular weight excluding hydrogens is 291 g/mol. The van der Waals surface area contributed by atoms with Crippen molar-refractivity contribution in [3.63, 3.8) is 0 Å². The Hall–Kier alpha value is -2.33. The summed E-state index contributed by atoms with van der Waals surface area (Å²) in [6.45, 7) is 0. The van der Waals surface area contributed by atoms with E-state index >= 15 is 0 Å². The first-order chi connectivity index (χ1) is 10.1. The second kappa shape index (κ2) is 5.58. The molecule has 0 spiro atoms. The predicted octanol–water partition coefficient (Wildman–Crippen LogP) is 4.14. The number of H-pyrrole nitrogens is 1. The van der Waals surface area contributed by atoms with E-state index in [1.165, 1.54) is 12.1 Å². The van der Waals surface area contributed by atoms with Crippen LogP contribution in [0.4, 0.5) is 10.1 Å². The summed E-state index contributed by atoms with van der Waals surface area (Å²) in [6, 6.07) is 11.4. The lowest BCUT2D eigenvalue weighted by atomic mass is 10.1. The molecule has 0 aliphatic carbocycles. The molecule has 2 N–H and O–H groups in total. The van der Waals surface area contributed by atoms with Crippen LogP contribution in [-0.2, 0) is 11.2 Å². The number of rotatable bonds is 3. The van der Waals surface area contributed by atoms with Gasteiger partial charge in [-0.2, -0.15) is 0 Å². The third kappa shape index (κ3) is 3.06. The number of anilines is 1. The lowest BCUT2D eigenvalue weighted by Gasteiger charge is -2.05. The van der Waals surface area contributed by atoms with Gasteiger partial charge in [-0.15, -0.1) is 0 Å². The molecule has 0 bridgehead atoms. The molecule has 21 heavy (non-hydrogen) atoms. The first-order valence-electron chi connectivity index (χ1n) is 6.43. The maximum atomic E-state index is 13.1. The van der Waals surface area contributed by atoms with Crippen LogP contribution in [0.3, 0.4) is 0 Å². The van der Waals surface area contributed by atoms with Crippen LogP contribution in [0.1, 0.15) is 5.56 Å². The van der Waals surface area contributed by atoms with Gasteiger partial charge in [0.05, 0.1) is 6.42 Å². The van der Waals surface area contributed by atoms with Crippen molar-refractivity contribution < 1.29 is 9.18 Å². The van der Waals surface area contributed by atoms with Gasteiger partial charge in [-0.25, -0.2) is 4.39 Å². The molecule has 2 aromatic carbocycles. The van der Waals surface area contributed by atoms with E-state index in [9.17, 15) is 9.18 Å². The van der Waals surface area contributed by atoms with Crippen molar-refractivity contribution in [3.05, 3.63) is 65.1 Å². The molecule has 0 saturated heterocycles. The van der Waals surface area contributed by atoms with Crippen molar-refractivity contribution in [2.45, 2.75) is 6.42 Å². The number of carbonyl (C=O) groups excluding carboxylic acids is 1. The van der Waals surface area contributed by atoms with Crippen LogP contribution in [0, 0.1) is 5.82 Å². The molecule has 3 rings (SSSR count). The highest BCUT2D eigenvalue weighted by Crippen LogP contribution is 2.20. The van der Waals surface area contributed by atoms with Gasteiger partial charge in [-0.05, 0) is 42.0 Å². The molecule has 3 nitrogen and oxygen atoms in total. The van der Waals surface area contributed by atoms with Gasteiger partial charge in [0.25, 0.3) is 0 Å². The smallest absolute Gasteiger partial charge is 0.228 e. The Morgan fingerprint density at radius 1 is 1.24 bits per heavy atom. The number of carbonyl (C=O) groups is 1. The Labute approximate surface area is 125 Å². The minimum Gasteiger partial charge on any atom is -0.361 e. The summed E-state index contributed by atoms with van der Waals surface area (Å²) in [7, 11) is 0. The van der Waals surface area contributed by atoms with Gasteiger partial charge >= 0.3 is 0 Å². The summed E-state index contributed by atoms with van der Waals surface area (Å²) in [5.74, 6) is -0.457. The number of nitrogens with one attached hydrogen (secondary N) is 2. The van der Waals surface area contributed by atoms with Gasteiger partial charge in [0, 0.05) is 27.8 Å². The summed E-state index contributed by atoms with van der Waals surface area (Å²) in [5, 5.41) is 4.20. The fourth-order valence-corrected chi connectivity index (χ4v) is 2.44. The number of amides is 1. The molecule has 0 fully saturated rings. The average Bonchev–Trinajstić information content (AvgIpc) is 2.81. The van der Waals surface area contributed by atoms with Crippen LogP contribution >= 0.6 is 11.6 Å². The molecule has 0 aliphatic rings. The van der Waals surface area contributed by atoms with Gasteiger partial charge < -0.3 is 10.3 Å². The molecule has 0 radical (unpaired) electrons. The van der Waals surface area contributed by atoms with Crippen LogP contribution in [0.2, 0.25) is 5.02 Å². The van der Waals surface area contributed by atoms with Crippen LogP contribution in [0.5, 0.6) is 0 Å². The quantitative estimate of drug-likeness (QED) is 0.750. The van der Waals surface area contributed by atoms with E-state index in [-0.39, 0.29) is 18.1 Å². The summed E-state index contributed by atoms with van der Waals surface area (Å²) in [5.41, 5.74) is 2.16. The number of aromatic amines is 1. The van der Waals surface area contributed by atoms with Crippen molar-refractivity contribution in [1.82, 2.24) is 4.98 Å². The Bertz CT molecular complexity index is 813. The minimum absolute atomic E-state index is 0.150. The fraction of sp³-hybridized carbons (Fsp3) is 0.0625. The van der Waals surface area contributed by atoms with Crippen LogP contribution in [0.25, 0.3) is 10.9 Å². The van der Waals surface area contributed by atoms with E-state index in [2.05, 4.69) is 10.3 Å². The van der Waals surface area contributed by atoms with Gasteiger partial charge in [-0.3, -0.25) is 4.79 Å². The SMILES string of the molecule is O=C(Cc1c[nH]c2cc(F)ccc12)Nc1cccc(Cl)c1. The number of aromatic nitrogens is 1. The monoisotopic (exact) mass is 302 g/mol. The van der Waals surface area contributed by atoms with E-state index in [1.54, 1.807) is 36.5 Å². The largest absolute Gasteiger partial charge is 0.361 e. The molecule has 1 heterocycles. The number of hydrogen-bond donors (Lipinski definition) is 2. The molecule has 1 aromatic heterocycles. The molecule has 0 aliphatic heterocycles. The lowest BCUT2D eigenvalue weighted by Crippen LogP contribution is -2.14. The molecule has 5 heteroatoms. The Kier molecular flexibility index (Phi) is 3.62. The van der Waals surface area contributed by atoms with Crippen molar-refractivity contribution in [2.75, 3.05) is 5.32 Å². The second-order valence-electron chi connectivity index (χ2n) is 4.74. The van der Waals surface area contributed by atoms with Gasteiger partial charge in [0.15, 0.2) is 0 Å². The Balaban J connectivity index is 1.77. The predicted molar refractivity (Wildman–Crippen MR) is 82.0 cm³/mol. The highest BCUT2D eigenvalue weighted by molar-refractivity contribution is 6.30. The van der Waals surface area contributed by atoms with Gasteiger partial charge in [-0.1, -0.05) is 17.7 Å². The van der Waals surface area contributed by atoms with E-state index in [4.69, 9.17) is 11.6 Å². The first-order valence-corrected chi connectivity index (χ1v) is 6.80. The maximum Gasteiger partial charge on any atom is 0.228 e. The normalized spacial score (nSPS) is 10.8. The summed E-state index contributed by atoms with van der Waals surface area (Å²) < 4.78 is 13.1. The zero-order chi connectivity index (χ0) is 14.8. The minimum atomic E-state index is -0.306.